The largest absolute Gasteiger partial charge is 0.510 e. The van der Waals surface area contributed by atoms with E-state index >= 15 is 0 Å². The van der Waals surface area contributed by atoms with Crippen molar-refractivity contribution in [2.75, 3.05) is 0 Å². The molecule has 24 heavy (non-hydrogen) atoms. The Kier molecular flexibility index (Phi) is 4.59. The number of thioether (sulfide) groups is 1. The van der Waals surface area contributed by atoms with Crippen LogP contribution < -0.4 is 0 Å². The number of aromatic nitrogens is 2. The number of aromatic amines is 1. The third-order valence-electron chi connectivity index (χ3n) is 3.78. The van der Waals surface area contributed by atoms with E-state index in [4.69, 9.17) is 0 Å². The second-order valence-corrected chi connectivity index (χ2v) is 6.88. The van der Waals surface area contributed by atoms with Crippen molar-refractivity contribution in [2.45, 2.75) is 24.0 Å². The molecule has 120 valence electrons. The number of rotatable bonds is 4. The second-order valence-electron chi connectivity index (χ2n) is 5.50. The third-order valence-corrected chi connectivity index (χ3v) is 5.07. The van der Waals surface area contributed by atoms with Crippen LogP contribution in [0.2, 0.25) is 0 Å². The minimum atomic E-state index is -0.256. The first-order valence-electron chi connectivity index (χ1n) is 7.60. The molecule has 2 aromatic carbocycles. The number of aryl methyl sites for hydroxylation is 1. The number of fused-ring (bicyclic) bond motifs is 1. The normalized spacial score (nSPS) is 13.4. The number of aliphatic hydroxyl groups excluding tert-OH is 1. The molecule has 0 spiro atoms. The van der Waals surface area contributed by atoms with Gasteiger partial charge >= 0.3 is 0 Å². The minimum Gasteiger partial charge on any atom is -0.510 e. The molecule has 0 aliphatic heterocycles. The molecule has 0 aliphatic rings. The zero-order chi connectivity index (χ0) is 17.1. The minimum absolute atomic E-state index is 0.0322. The van der Waals surface area contributed by atoms with Gasteiger partial charge in [-0.15, -0.1) is 11.8 Å². The highest BCUT2D eigenvalue weighted by molar-refractivity contribution is 8.00. The van der Waals surface area contributed by atoms with E-state index in [1.807, 2.05) is 62.4 Å². The van der Waals surface area contributed by atoms with Gasteiger partial charge in [0.2, 0.25) is 0 Å². The molecule has 0 saturated heterocycles. The van der Waals surface area contributed by atoms with Gasteiger partial charge in [-0.3, -0.25) is 0 Å². The Morgan fingerprint density at radius 3 is 2.62 bits per heavy atom. The Labute approximate surface area is 144 Å². The van der Waals surface area contributed by atoms with Crippen LogP contribution in [-0.4, -0.2) is 20.3 Å². The summed E-state index contributed by atoms with van der Waals surface area (Å²) in [4.78, 5) is 8.59. The van der Waals surface area contributed by atoms with Crippen molar-refractivity contribution in [1.29, 1.82) is 5.26 Å². The molecule has 1 heterocycles. The molecule has 1 unspecified atom stereocenters. The van der Waals surface area contributed by atoms with Gasteiger partial charge in [0.25, 0.3) is 0 Å². The van der Waals surface area contributed by atoms with Crippen LogP contribution in [0.4, 0.5) is 0 Å². The number of para-hydroxylation sites is 2. The Morgan fingerprint density at radius 2 is 1.92 bits per heavy atom. The molecule has 1 atom stereocenters. The lowest BCUT2D eigenvalue weighted by atomic mass is 10.2. The predicted molar refractivity (Wildman–Crippen MR) is 97.8 cm³/mol. The topological polar surface area (TPSA) is 72.7 Å². The number of H-pyrrole nitrogens is 1. The Morgan fingerprint density at radius 1 is 1.21 bits per heavy atom. The summed E-state index contributed by atoms with van der Waals surface area (Å²) in [5.41, 5.74) is 2.93. The Bertz CT molecular complexity index is 919. The number of imidazole rings is 1. The molecule has 0 fully saturated rings. The van der Waals surface area contributed by atoms with Crippen molar-refractivity contribution in [3.05, 3.63) is 65.7 Å². The van der Waals surface area contributed by atoms with Gasteiger partial charge in [-0.25, -0.2) is 4.98 Å². The number of aliphatic hydroxyl groups is 1. The summed E-state index contributed by atoms with van der Waals surface area (Å²) in [6.45, 7) is 3.91. The molecule has 2 N–H and O–H groups in total. The van der Waals surface area contributed by atoms with Crippen LogP contribution in [0.25, 0.3) is 16.6 Å². The van der Waals surface area contributed by atoms with E-state index < -0.39 is 0 Å². The van der Waals surface area contributed by atoms with Crippen LogP contribution in [0.15, 0.2) is 59.2 Å². The maximum absolute atomic E-state index is 10.6. The molecular formula is C19H17N3OS. The molecular weight excluding hydrogens is 318 g/mol. The van der Waals surface area contributed by atoms with Crippen molar-refractivity contribution >= 4 is 28.4 Å². The Balaban J connectivity index is 1.95. The fourth-order valence-electron chi connectivity index (χ4n) is 2.44. The van der Waals surface area contributed by atoms with Gasteiger partial charge in [0.1, 0.15) is 17.4 Å². The summed E-state index contributed by atoms with van der Waals surface area (Å²) >= 11 is 1.52. The number of hydrogen-bond acceptors (Lipinski definition) is 4. The average Bonchev–Trinajstić information content (AvgIpc) is 3.01. The average molecular weight is 335 g/mol. The Hall–Kier alpha value is -2.71. The third kappa shape index (κ3) is 3.15. The lowest BCUT2D eigenvalue weighted by molar-refractivity contribution is 0.402. The van der Waals surface area contributed by atoms with Gasteiger partial charge in [0.15, 0.2) is 5.82 Å². The molecule has 1 aromatic heterocycles. The molecule has 0 aliphatic carbocycles. The molecule has 3 aromatic rings. The van der Waals surface area contributed by atoms with Gasteiger partial charge in [-0.2, -0.15) is 5.26 Å². The number of nitrogens with zero attached hydrogens (tertiary/aromatic N) is 2. The highest BCUT2D eigenvalue weighted by Crippen LogP contribution is 2.32. The van der Waals surface area contributed by atoms with Crippen molar-refractivity contribution in [3.8, 4) is 6.07 Å². The summed E-state index contributed by atoms with van der Waals surface area (Å²) < 4.78 is 0. The zero-order valence-electron chi connectivity index (χ0n) is 13.4. The van der Waals surface area contributed by atoms with Gasteiger partial charge in [-0.05, 0) is 37.6 Å². The van der Waals surface area contributed by atoms with E-state index in [1.54, 1.807) is 0 Å². The van der Waals surface area contributed by atoms with Crippen LogP contribution in [0.3, 0.4) is 0 Å². The van der Waals surface area contributed by atoms with Gasteiger partial charge in [0.05, 0.1) is 16.3 Å². The highest BCUT2D eigenvalue weighted by atomic mass is 32.2. The molecule has 0 saturated carbocycles. The molecule has 3 rings (SSSR count). The lowest BCUT2D eigenvalue weighted by Crippen LogP contribution is -2.05. The number of nitrogens with one attached hydrogen (secondary N) is 1. The molecule has 4 nitrogen and oxygen atoms in total. The van der Waals surface area contributed by atoms with Crippen LogP contribution in [0, 0.1) is 18.3 Å². The molecule has 0 amide bonds. The number of benzene rings is 2. The molecule has 5 heteroatoms. The summed E-state index contributed by atoms with van der Waals surface area (Å²) in [7, 11) is 0. The van der Waals surface area contributed by atoms with Crippen molar-refractivity contribution in [2.24, 2.45) is 0 Å². The van der Waals surface area contributed by atoms with Crippen LogP contribution in [0.5, 0.6) is 0 Å². The first-order valence-corrected chi connectivity index (χ1v) is 8.48. The van der Waals surface area contributed by atoms with Crippen molar-refractivity contribution in [1.82, 2.24) is 9.97 Å². The summed E-state index contributed by atoms with van der Waals surface area (Å²) in [6.07, 6.45) is 0. The van der Waals surface area contributed by atoms with Gasteiger partial charge in [0, 0.05) is 4.90 Å². The van der Waals surface area contributed by atoms with E-state index in [-0.39, 0.29) is 16.6 Å². The molecule has 0 bridgehead atoms. The summed E-state index contributed by atoms with van der Waals surface area (Å²) in [5, 5.41) is 19.8. The SMILES string of the molecule is Cc1ccccc1SC(C)/C(O)=C(/C#N)c1nc2ccccc2[nH]1. The monoisotopic (exact) mass is 335 g/mol. The van der Waals surface area contributed by atoms with E-state index in [9.17, 15) is 10.4 Å². The second kappa shape index (κ2) is 6.81. The number of nitriles is 1. The van der Waals surface area contributed by atoms with Crippen molar-refractivity contribution in [3.63, 3.8) is 0 Å². The zero-order valence-corrected chi connectivity index (χ0v) is 14.3. The predicted octanol–water partition coefficient (Wildman–Crippen LogP) is 4.84. The van der Waals surface area contributed by atoms with Crippen LogP contribution >= 0.6 is 11.8 Å². The first kappa shape index (κ1) is 16.2. The van der Waals surface area contributed by atoms with E-state index in [1.165, 1.54) is 11.8 Å². The summed E-state index contributed by atoms with van der Waals surface area (Å²) in [5.74, 6) is 0.429. The maximum Gasteiger partial charge on any atom is 0.152 e. The fraction of sp³-hybridized carbons (Fsp3) is 0.158. The number of allylic oxidation sites excluding steroid dienone is 1. The summed E-state index contributed by atoms with van der Waals surface area (Å²) in [6, 6.07) is 17.6. The standard InChI is InChI=1S/C19H17N3OS/c1-12-7-3-6-10-17(12)24-13(2)18(23)14(11-20)19-21-15-8-4-5-9-16(15)22-19/h3-10,13,23H,1-2H3,(H,21,22)/b18-14+. The smallest absolute Gasteiger partial charge is 0.152 e. The van der Waals surface area contributed by atoms with E-state index in [0.29, 0.717) is 5.82 Å². The van der Waals surface area contributed by atoms with Gasteiger partial charge in [-0.1, -0.05) is 30.3 Å². The number of hydrogen-bond donors (Lipinski definition) is 2. The van der Waals surface area contributed by atoms with E-state index in [0.717, 1.165) is 21.5 Å². The molecule has 0 radical (unpaired) electrons. The van der Waals surface area contributed by atoms with Crippen LogP contribution in [0.1, 0.15) is 18.3 Å². The van der Waals surface area contributed by atoms with Crippen LogP contribution in [-0.2, 0) is 0 Å². The first-order chi connectivity index (χ1) is 11.6. The highest BCUT2D eigenvalue weighted by Gasteiger charge is 2.19. The van der Waals surface area contributed by atoms with E-state index in [2.05, 4.69) is 16.0 Å². The fourth-order valence-corrected chi connectivity index (χ4v) is 3.46. The van der Waals surface area contributed by atoms with Crippen molar-refractivity contribution < 1.29 is 5.11 Å². The quantitative estimate of drug-likeness (QED) is 0.406. The van der Waals surface area contributed by atoms with Gasteiger partial charge < -0.3 is 10.1 Å². The lowest BCUT2D eigenvalue weighted by Gasteiger charge is -2.13. The maximum atomic E-state index is 10.6.